The van der Waals surface area contributed by atoms with Crippen LogP contribution in [0.25, 0.3) is 0 Å². The zero-order chi connectivity index (χ0) is 13.7. The molecule has 0 unspecified atom stereocenters. The van der Waals surface area contributed by atoms with Crippen molar-refractivity contribution in [2.24, 2.45) is 0 Å². The maximum absolute atomic E-state index is 11.3. The molecule has 1 amide bonds. The van der Waals surface area contributed by atoms with Crippen molar-refractivity contribution in [2.75, 3.05) is 13.1 Å². The summed E-state index contributed by atoms with van der Waals surface area (Å²) in [5.41, 5.74) is 1.37. The van der Waals surface area contributed by atoms with Crippen LogP contribution >= 0.6 is 11.6 Å². The largest absolute Gasteiger partial charge is 0.356 e. The first-order valence-electron chi connectivity index (χ1n) is 6.94. The third kappa shape index (κ3) is 4.22. The maximum atomic E-state index is 11.3. The summed E-state index contributed by atoms with van der Waals surface area (Å²) in [6, 6.07) is 8.67. The van der Waals surface area contributed by atoms with Crippen molar-refractivity contribution in [1.82, 2.24) is 10.6 Å². The first-order valence-corrected chi connectivity index (χ1v) is 7.32. The molecule has 2 rings (SSSR count). The minimum atomic E-state index is 0.128. The molecule has 0 heterocycles. The Hall–Kier alpha value is -1.06. The third-order valence-corrected chi connectivity index (χ3v) is 3.89. The second-order valence-corrected chi connectivity index (χ2v) is 5.51. The van der Waals surface area contributed by atoms with Crippen LogP contribution in [-0.2, 0) is 4.79 Å². The Bertz CT molecular complexity index is 413. The van der Waals surface area contributed by atoms with Crippen LogP contribution in [0.1, 0.15) is 37.7 Å². The molecule has 0 saturated heterocycles. The van der Waals surface area contributed by atoms with Gasteiger partial charge in [-0.3, -0.25) is 4.79 Å². The van der Waals surface area contributed by atoms with Gasteiger partial charge in [0.1, 0.15) is 0 Å². The fourth-order valence-corrected chi connectivity index (χ4v) is 2.59. The molecule has 0 atom stereocenters. The minimum Gasteiger partial charge on any atom is -0.356 e. The van der Waals surface area contributed by atoms with E-state index in [-0.39, 0.29) is 5.91 Å². The van der Waals surface area contributed by atoms with Crippen molar-refractivity contribution < 1.29 is 4.79 Å². The Morgan fingerprint density at radius 1 is 1.32 bits per heavy atom. The number of nitrogens with one attached hydrogen (secondary N) is 2. The van der Waals surface area contributed by atoms with Crippen LogP contribution in [0.15, 0.2) is 24.3 Å². The summed E-state index contributed by atoms with van der Waals surface area (Å²) >= 11 is 5.88. The summed E-state index contributed by atoms with van der Waals surface area (Å²) in [4.78, 5) is 11.3. The van der Waals surface area contributed by atoms with Gasteiger partial charge in [-0.1, -0.05) is 23.7 Å². The van der Waals surface area contributed by atoms with E-state index < -0.39 is 0 Å². The topological polar surface area (TPSA) is 41.1 Å². The first kappa shape index (κ1) is 14.4. The van der Waals surface area contributed by atoms with Crippen LogP contribution in [0, 0.1) is 0 Å². The molecular weight excluding hydrogens is 260 g/mol. The van der Waals surface area contributed by atoms with Crippen LogP contribution in [0.4, 0.5) is 0 Å². The van der Waals surface area contributed by atoms with Gasteiger partial charge in [-0.05, 0) is 43.4 Å². The number of carbonyl (C=O) groups excluding carboxylic acids is 1. The monoisotopic (exact) mass is 280 g/mol. The Balaban J connectivity index is 1.64. The number of hydrogen-bond acceptors (Lipinski definition) is 2. The number of halogens is 1. The fraction of sp³-hybridized carbons (Fsp3) is 0.533. The summed E-state index contributed by atoms with van der Waals surface area (Å²) < 4.78 is 0. The van der Waals surface area contributed by atoms with Gasteiger partial charge in [0.25, 0.3) is 0 Å². The summed E-state index contributed by atoms with van der Waals surface area (Å²) in [5.74, 6) is 0.766. The number of hydrogen-bond donors (Lipinski definition) is 2. The van der Waals surface area contributed by atoms with Crippen molar-refractivity contribution in [1.29, 1.82) is 0 Å². The van der Waals surface area contributed by atoms with E-state index in [0.717, 1.165) is 24.4 Å². The molecule has 3 nitrogen and oxygen atoms in total. The van der Waals surface area contributed by atoms with Crippen molar-refractivity contribution >= 4 is 17.5 Å². The molecular formula is C15H21ClN2O. The highest BCUT2D eigenvalue weighted by Crippen LogP contribution is 2.37. The van der Waals surface area contributed by atoms with Gasteiger partial charge in [-0.2, -0.15) is 0 Å². The number of carbonyl (C=O) groups is 1. The van der Waals surface area contributed by atoms with E-state index >= 15 is 0 Å². The second kappa shape index (κ2) is 6.92. The van der Waals surface area contributed by atoms with E-state index in [1.54, 1.807) is 0 Å². The quantitative estimate of drug-likeness (QED) is 0.841. The van der Waals surface area contributed by atoms with Gasteiger partial charge in [0.2, 0.25) is 5.91 Å². The molecule has 1 saturated carbocycles. The fourth-order valence-electron chi connectivity index (χ4n) is 2.47. The SMILES string of the molecule is CCNC(=O)CCNC1CC(c2ccc(Cl)cc2)C1. The van der Waals surface area contributed by atoms with Gasteiger partial charge in [-0.15, -0.1) is 0 Å². The third-order valence-electron chi connectivity index (χ3n) is 3.64. The zero-order valence-electron chi connectivity index (χ0n) is 11.3. The summed E-state index contributed by atoms with van der Waals surface area (Å²) in [6.45, 7) is 3.42. The highest BCUT2D eigenvalue weighted by molar-refractivity contribution is 6.30. The van der Waals surface area contributed by atoms with Crippen LogP contribution in [0.5, 0.6) is 0 Å². The van der Waals surface area contributed by atoms with Crippen molar-refractivity contribution in [2.45, 2.75) is 38.1 Å². The average Bonchev–Trinajstić information content (AvgIpc) is 2.34. The van der Waals surface area contributed by atoms with E-state index in [0.29, 0.717) is 24.9 Å². The summed E-state index contributed by atoms with van der Waals surface area (Å²) in [7, 11) is 0. The lowest BCUT2D eigenvalue weighted by Gasteiger charge is -2.36. The van der Waals surface area contributed by atoms with E-state index in [1.807, 2.05) is 19.1 Å². The molecule has 0 radical (unpaired) electrons. The van der Waals surface area contributed by atoms with E-state index in [4.69, 9.17) is 11.6 Å². The highest BCUT2D eigenvalue weighted by Gasteiger charge is 2.29. The molecule has 1 aromatic rings. The van der Waals surface area contributed by atoms with E-state index in [1.165, 1.54) is 5.56 Å². The highest BCUT2D eigenvalue weighted by atomic mass is 35.5. The maximum Gasteiger partial charge on any atom is 0.221 e. The Morgan fingerprint density at radius 3 is 2.63 bits per heavy atom. The lowest BCUT2D eigenvalue weighted by Crippen LogP contribution is -2.41. The molecule has 2 N–H and O–H groups in total. The van der Waals surface area contributed by atoms with E-state index in [2.05, 4.69) is 22.8 Å². The molecule has 0 aliphatic heterocycles. The molecule has 104 valence electrons. The van der Waals surface area contributed by atoms with Gasteiger partial charge in [0.15, 0.2) is 0 Å². The number of rotatable bonds is 6. The molecule has 1 aliphatic carbocycles. The minimum absolute atomic E-state index is 0.128. The Morgan fingerprint density at radius 2 is 2.00 bits per heavy atom. The van der Waals surface area contributed by atoms with Crippen LogP contribution in [0.3, 0.4) is 0 Å². The zero-order valence-corrected chi connectivity index (χ0v) is 12.0. The second-order valence-electron chi connectivity index (χ2n) is 5.07. The predicted octanol–water partition coefficient (Wildman–Crippen LogP) is 2.70. The van der Waals surface area contributed by atoms with Crippen LogP contribution in [0.2, 0.25) is 5.02 Å². The molecule has 19 heavy (non-hydrogen) atoms. The van der Waals surface area contributed by atoms with Crippen molar-refractivity contribution in [3.05, 3.63) is 34.9 Å². The molecule has 4 heteroatoms. The van der Waals surface area contributed by atoms with Crippen molar-refractivity contribution in [3.63, 3.8) is 0 Å². The number of amides is 1. The van der Waals surface area contributed by atoms with Gasteiger partial charge in [0.05, 0.1) is 0 Å². The van der Waals surface area contributed by atoms with Crippen LogP contribution in [-0.4, -0.2) is 25.0 Å². The average molecular weight is 281 g/mol. The van der Waals surface area contributed by atoms with Gasteiger partial charge < -0.3 is 10.6 Å². The van der Waals surface area contributed by atoms with Crippen molar-refractivity contribution in [3.8, 4) is 0 Å². The lowest BCUT2D eigenvalue weighted by molar-refractivity contribution is -0.120. The van der Waals surface area contributed by atoms with E-state index in [9.17, 15) is 4.79 Å². The lowest BCUT2D eigenvalue weighted by atomic mass is 9.76. The van der Waals surface area contributed by atoms with Gasteiger partial charge >= 0.3 is 0 Å². The van der Waals surface area contributed by atoms with Crippen LogP contribution < -0.4 is 10.6 Å². The normalized spacial score (nSPS) is 21.8. The smallest absolute Gasteiger partial charge is 0.221 e. The predicted molar refractivity (Wildman–Crippen MR) is 78.5 cm³/mol. The van der Waals surface area contributed by atoms with Gasteiger partial charge in [-0.25, -0.2) is 0 Å². The molecule has 1 aromatic carbocycles. The summed E-state index contributed by atoms with van der Waals surface area (Å²) in [5, 5.41) is 7.03. The number of benzene rings is 1. The Kier molecular flexibility index (Phi) is 5.23. The summed E-state index contributed by atoms with van der Waals surface area (Å²) in [6.07, 6.45) is 2.87. The molecule has 0 spiro atoms. The molecule has 0 aromatic heterocycles. The Labute approximate surface area is 119 Å². The van der Waals surface area contributed by atoms with Gasteiger partial charge in [0, 0.05) is 30.6 Å². The molecule has 1 fully saturated rings. The standard InChI is InChI=1S/C15H21ClN2O/c1-2-17-15(19)7-8-18-14-9-12(10-14)11-3-5-13(16)6-4-11/h3-6,12,14,18H,2,7-10H2,1H3,(H,17,19). The molecule has 0 bridgehead atoms. The first-order chi connectivity index (χ1) is 9.19. The molecule has 1 aliphatic rings.